The van der Waals surface area contributed by atoms with Crippen LogP contribution >= 0.6 is 0 Å². The second-order valence-electron chi connectivity index (χ2n) is 5.24. The van der Waals surface area contributed by atoms with E-state index in [-0.39, 0.29) is 0 Å². The van der Waals surface area contributed by atoms with Gasteiger partial charge < -0.3 is 8.85 Å². The maximum atomic E-state index is 5.93. The molecule has 0 aliphatic heterocycles. The molecule has 1 fully saturated rings. The minimum Gasteiger partial charge on any atom is -0.395 e. The van der Waals surface area contributed by atoms with E-state index in [0.29, 0.717) is 0 Å². The summed E-state index contributed by atoms with van der Waals surface area (Å²) in [6, 6.07) is 1.18. The van der Waals surface area contributed by atoms with Gasteiger partial charge in [0.05, 0.1) is 0 Å². The second-order valence-corrected chi connectivity index (χ2v) is 8.50. The molecule has 0 aromatic carbocycles. The average Bonchev–Trinajstić information content (AvgIpc) is 2.79. The van der Waals surface area contributed by atoms with E-state index in [1.807, 2.05) is 0 Å². The van der Waals surface area contributed by atoms with Crippen molar-refractivity contribution in [1.82, 2.24) is 0 Å². The third-order valence-electron chi connectivity index (χ3n) is 3.95. The van der Waals surface area contributed by atoms with Crippen LogP contribution in [0.1, 0.15) is 26.7 Å². The lowest BCUT2D eigenvalue weighted by molar-refractivity contribution is 0.181. The first-order chi connectivity index (χ1) is 7.67. The molecule has 2 nitrogen and oxygen atoms in total. The van der Waals surface area contributed by atoms with Gasteiger partial charge in [0.15, 0.2) is 0 Å². The molecule has 2 aliphatic rings. The quantitative estimate of drug-likeness (QED) is 0.523. The van der Waals surface area contributed by atoms with Crippen LogP contribution in [0.4, 0.5) is 0 Å². The topological polar surface area (TPSA) is 18.5 Å². The van der Waals surface area contributed by atoms with E-state index in [1.165, 1.54) is 18.9 Å². The standard InChI is InChI=1S/C13H24O2Si/c1-4-14-16(3,15-5-2)10-13-9-11-6-7-12(13)8-11/h6-7,11-13H,4-5,8-10H2,1-3H3. The molecule has 3 atom stereocenters. The molecule has 0 N–H and O–H groups in total. The van der Waals surface area contributed by atoms with Crippen LogP contribution in [0.2, 0.25) is 12.6 Å². The maximum absolute atomic E-state index is 5.93. The number of hydrogen-bond donors (Lipinski definition) is 0. The Hall–Kier alpha value is -0.123. The first-order valence-corrected chi connectivity index (χ1v) is 9.15. The van der Waals surface area contributed by atoms with E-state index in [9.17, 15) is 0 Å². The number of allylic oxidation sites excluding steroid dienone is 2. The largest absolute Gasteiger partial charge is 0.395 e. The molecule has 3 heteroatoms. The summed E-state index contributed by atoms with van der Waals surface area (Å²) in [6.07, 6.45) is 7.57. The van der Waals surface area contributed by atoms with Crippen molar-refractivity contribution < 1.29 is 8.85 Å². The van der Waals surface area contributed by atoms with Gasteiger partial charge in [-0.3, -0.25) is 0 Å². The molecule has 2 bridgehead atoms. The molecule has 0 heterocycles. The lowest BCUT2D eigenvalue weighted by Crippen LogP contribution is -2.41. The van der Waals surface area contributed by atoms with Gasteiger partial charge in [-0.1, -0.05) is 12.2 Å². The lowest BCUT2D eigenvalue weighted by atomic mass is 9.96. The van der Waals surface area contributed by atoms with Crippen LogP contribution in [0.25, 0.3) is 0 Å². The summed E-state index contributed by atoms with van der Waals surface area (Å²) in [4.78, 5) is 0. The zero-order valence-electron chi connectivity index (χ0n) is 10.7. The van der Waals surface area contributed by atoms with Gasteiger partial charge in [0, 0.05) is 13.2 Å². The molecule has 0 amide bonds. The summed E-state index contributed by atoms with van der Waals surface area (Å²) >= 11 is 0. The Balaban J connectivity index is 1.93. The monoisotopic (exact) mass is 240 g/mol. The molecule has 0 spiro atoms. The minimum absolute atomic E-state index is 0.791. The fraction of sp³-hybridized carbons (Fsp3) is 0.846. The number of hydrogen-bond acceptors (Lipinski definition) is 2. The highest BCUT2D eigenvalue weighted by Crippen LogP contribution is 2.46. The van der Waals surface area contributed by atoms with Gasteiger partial charge in [-0.05, 0) is 57.0 Å². The fourth-order valence-electron chi connectivity index (χ4n) is 3.38. The van der Waals surface area contributed by atoms with Crippen LogP contribution in [0.5, 0.6) is 0 Å². The van der Waals surface area contributed by atoms with Crippen molar-refractivity contribution in [3.8, 4) is 0 Å². The molecule has 0 aromatic heterocycles. The highest BCUT2D eigenvalue weighted by Gasteiger charge is 2.42. The normalized spacial score (nSPS) is 32.6. The lowest BCUT2D eigenvalue weighted by Gasteiger charge is -2.30. The Morgan fingerprint density at radius 2 is 1.81 bits per heavy atom. The first-order valence-electron chi connectivity index (χ1n) is 6.63. The molecule has 16 heavy (non-hydrogen) atoms. The van der Waals surface area contributed by atoms with Gasteiger partial charge in [-0.15, -0.1) is 0 Å². The molecule has 3 unspecified atom stereocenters. The minimum atomic E-state index is -1.89. The average molecular weight is 240 g/mol. The van der Waals surface area contributed by atoms with Crippen molar-refractivity contribution in [2.75, 3.05) is 13.2 Å². The molecule has 0 saturated heterocycles. The highest BCUT2D eigenvalue weighted by atomic mass is 28.4. The predicted octanol–water partition coefficient (Wildman–Crippen LogP) is 3.34. The number of rotatable bonds is 6. The fourth-order valence-corrected chi connectivity index (χ4v) is 6.34. The third-order valence-corrected chi connectivity index (χ3v) is 7.01. The van der Waals surface area contributed by atoms with Gasteiger partial charge in [0.25, 0.3) is 0 Å². The Kier molecular flexibility index (Phi) is 3.87. The Morgan fingerprint density at radius 1 is 1.12 bits per heavy atom. The second kappa shape index (κ2) is 5.03. The van der Waals surface area contributed by atoms with E-state index >= 15 is 0 Å². The third kappa shape index (κ3) is 2.58. The summed E-state index contributed by atoms with van der Waals surface area (Å²) in [7, 11) is -1.89. The van der Waals surface area contributed by atoms with Crippen LogP contribution in [0.3, 0.4) is 0 Å². The SMILES string of the molecule is CCO[Si](C)(CC1CC2C=CC1C2)OCC. The van der Waals surface area contributed by atoms with E-state index in [0.717, 1.165) is 31.0 Å². The molecule has 2 aliphatic carbocycles. The van der Waals surface area contributed by atoms with E-state index < -0.39 is 8.56 Å². The molecule has 92 valence electrons. The van der Waals surface area contributed by atoms with Gasteiger partial charge in [0.2, 0.25) is 0 Å². The maximum Gasteiger partial charge on any atom is 0.335 e. The smallest absolute Gasteiger partial charge is 0.335 e. The molecule has 0 radical (unpaired) electrons. The van der Waals surface area contributed by atoms with Crippen LogP contribution in [0.15, 0.2) is 12.2 Å². The van der Waals surface area contributed by atoms with Crippen LogP contribution in [0, 0.1) is 17.8 Å². The van der Waals surface area contributed by atoms with Gasteiger partial charge in [0.1, 0.15) is 0 Å². The molecular formula is C13H24O2Si. The number of fused-ring (bicyclic) bond motifs is 2. The zero-order chi connectivity index (χ0) is 11.6. The Bertz CT molecular complexity index is 259. The first kappa shape index (κ1) is 12.3. The summed E-state index contributed by atoms with van der Waals surface area (Å²) in [5, 5.41) is 0. The summed E-state index contributed by atoms with van der Waals surface area (Å²) < 4.78 is 11.9. The summed E-state index contributed by atoms with van der Waals surface area (Å²) in [6.45, 7) is 7.96. The Morgan fingerprint density at radius 3 is 2.25 bits per heavy atom. The summed E-state index contributed by atoms with van der Waals surface area (Å²) in [5.74, 6) is 2.50. The van der Waals surface area contributed by atoms with Crippen molar-refractivity contribution >= 4 is 8.56 Å². The highest BCUT2D eigenvalue weighted by molar-refractivity contribution is 6.66. The van der Waals surface area contributed by atoms with Crippen molar-refractivity contribution in [3.05, 3.63) is 12.2 Å². The van der Waals surface area contributed by atoms with Crippen LogP contribution in [-0.2, 0) is 8.85 Å². The van der Waals surface area contributed by atoms with E-state index in [4.69, 9.17) is 8.85 Å². The van der Waals surface area contributed by atoms with Crippen molar-refractivity contribution in [1.29, 1.82) is 0 Å². The summed E-state index contributed by atoms with van der Waals surface area (Å²) in [5.41, 5.74) is 0. The van der Waals surface area contributed by atoms with E-state index in [1.54, 1.807) is 0 Å². The zero-order valence-corrected chi connectivity index (χ0v) is 11.7. The molecule has 0 aromatic rings. The predicted molar refractivity (Wildman–Crippen MR) is 68.5 cm³/mol. The van der Waals surface area contributed by atoms with Gasteiger partial charge in [-0.25, -0.2) is 0 Å². The van der Waals surface area contributed by atoms with E-state index in [2.05, 4.69) is 32.5 Å². The van der Waals surface area contributed by atoms with Crippen molar-refractivity contribution in [2.24, 2.45) is 17.8 Å². The molecular weight excluding hydrogens is 216 g/mol. The van der Waals surface area contributed by atoms with Crippen LogP contribution < -0.4 is 0 Å². The van der Waals surface area contributed by atoms with Crippen molar-refractivity contribution in [3.63, 3.8) is 0 Å². The Labute approximate surface area is 100 Å². The van der Waals surface area contributed by atoms with Crippen LogP contribution in [-0.4, -0.2) is 21.8 Å². The van der Waals surface area contributed by atoms with Gasteiger partial charge >= 0.3 is 8.56 Å². The van der Waals surface area contributed by atoms with Crippen molar-refractivity contribution in [2.45, 2.75) is 39.3 Å². The molecule has 2 rings (SSSR count). The molecule has 1 saturated carbocycles. The van der Waals surface area contributed by atoms with Gasteiger partial charge in [-0.2, -0.15) is 0 Å².